The minimum absolute atomic E-state index is 0.169. The number of halogens is 1. The van der Waals surface area contributed by atoms with Crippen LogP contribution in [0.15, 0.2) is 65.3 Å². The summed E-state index contributed by atoms with van der Waals surface area (Å²) in [5, 5.41) is 11.2. The molecule has 160 valence electrons. The maximum absolute atomic E-state index is 10.6. The van der Waals surface area contributed by atoms with E-state index in [9.17, 15) is 5.11 Å². The molecule has 2 aromatic carbocycles. The lowest BCUT2D eigenvalue weighted by Gasteiger charge is -2.25. The highest BCUT2D eigenvalue weighted by Crippen LogP contribution is 2.28. The Balaban J connectivity index is 1.65. The first kappa shape index (κ1) is 22.0. The number of aliphatic hydroxyl groups excluding tert-OH is 1. The molecule has 0 saturated carbocycles. The van der Waals surface area contributed by atoms with E-state index in [0.29, 0.717) is 41.9 Å². The van der Waals surface area contributed by atoms with Gasteiger partial charge in [0.2, 0.25) is 0 Å². The first-order valence-corrected chi connectivity index (χ1v) is 9.97. The average molecular weight is 432 g/mol. The number of furan rings is 1. The number of hydrogen-bond donors (Lipinski definition) is 1. The molecule has 0 bridgehead atoms. The van der Waals surface area contributed by atoms with E-state index in [-0.39, 0.29) is 6.61 Å². The van der Waals surface area contributed by atoms with Crippen molar-refractivity contribution in [3.63, 3.8) is 0 Å². The molecule has 1 heterocycles. The number of nitrogens with zero attached hydrogens (tertiary/aromatic N) is 1. The second kappa shape index (κ2) is 10.9. The van der Waals surface area contributed by atoms with Gasteiger partial charge in [0.15, 0.2) is 11.5 Å². The largest absolute Gasteiger partial charge is 0.493 e. The highest BCUT2D eigenvalue weighted by Gasteiger charge is 2.16. The number of aliphatic hydroxyl groups is 1. The van der Waals surface area contributed by atoms with Crippen molar-refractivity contribution >= 4 is 11.6 Å². The lowest BCUT2D eigenvalue weighted by molar-refractivity contribution is 0.0604. The fourth-order valence-electron chi connectivity index (χ4n) is 3.12. The van der Waals surface area contributed by atoms with Crippen LogP contribution in [0.2, 0.25) is 5.02 Å². The number of methoxy groups -OCH3 is 2. The van der Waals surface area contributed by atoms with Gasteiger partial charge < -0.3 is 23.7 Å². The number of benzene rings is 2. The van der Waals surface area contributed by atoms with Crippen molar-refractivity contribution in [1.29, 1.82) is 0 Å². The second-order valence-electron chi connectivity index (χ2n) is 6.86. The molecule has 1 N–H and O–H groups in total. The maximum atomic E-state index is 10.6. The molecule has 0 fully saturated rings. The highest BCUT2D eigenvalue weighted by atomic mass is 35.5. The fourth-order valence-corrected chi connectivity index (χ4v) is 3.25. The third kappa shape index (κ3) is 6.42. The SMILES string of the molecule is COc1ccc(CN(Cc2ccco2)CC(O)COc2ccc(Cl)cc2)cc1OC. The monoisotopic (exact) mass is 431 g/mol. The van der Waals surface area contributed by atoms with Crippen molar-refractivity contribution in [1.82, 2.24) is 4.90 Å². The van der Waals surface area contributed by atoms with Gasteiger partial charge in [0.1, 0.15) is 24.2 Å². The van der Waals surface area contributed by atoms with E-state index in [1.807, 2.05) is 30.3 Å². The molecule has 0 aliphatic carbocycles. The Morgan fingerprint density at radius 1 is 1.00 bits per heavy atom. The van der Waals surface area contributed by atoms with Gasteiger partial charge in [-0.15, -0.1) is 0 Å². The molecule has 3 aromatic rings. The number of hydrogen-bond acceptors (Lipinski definition) is 6. The molecule has 0 aliphatic heterocycles. The zero-order valence-corrected chi connectivity index (χ0v) is 17.8. The summed E-state index contributed by atoms with van der Waals surface area (Å²) in [5.74, 6) is 2.83. The average Bonchev–Trinajstić information content (AvgIpc) is 3.26. The highest BCUT2D eigenvalue weighted by molar-refractivity contribution is 6.30. The van der Waals surface area contributed by atoms with E-state index in [1.165, 1.54) is 0 Å². The molecule has 0 radical (unpaired) electrons. The van der Waals surface area contributed by atoms with E-state index < -0.39 is 6.10 Å². The van der Waals surface area contributed by atoms with Gasteiger partial charge in [-0.1, -0.05) is 17.7 Å². The van der Waals surface area contributed by atoms with E-state index in [0.717, 1.165) is 11.3 Å². The van der Waals surface area contributed by atoms with Crippen LogP contribution in [-0.2, 0) is 13.1 Å². The Bertz CT molecular complexity index is 898. The Labute approximate surface area is 181 Å². The van der Waals surface area contributed by atoms with Gasteiger partial charge in [-0.2, -0.15) is 0 Å². The van der Waals surface area contributed by atoms with Crippen LogP contribution in [-0.4, -0.2) is 43.5 Å². The molecule has 0 aliphatic rings. The van der Waals surface area contributed by atoms with Crippen LogP contribution >= 0.6 is 11.6 Å². The minimum atomic E-state index is -0.684. The van der Waals surface area contributed by atoms with Crippen molar-refractivity contribution < 1.29 is 23.7 Å². The van der Waals surface area contributed by atoms with Crippen LogP contribution in [0.25, 0.3) is 0 Å². The third-order valence-corrected chi connectivity index (χ3v) is 4.79. The van der Waals surface area contributed by atoms with Crippen LogP contribution in [0.1, 0.15) is 11.3 Å². The van der Waals surface area contributed by atoms with Crippen LogP contribution in [0.3, 0.4) is 0 Å². The zero-order valence-electron chi connectivity index (χ0n) is 17.1. The van der Waals surface area contributed by atoms with Crippen LogP contribution in [0.5, 0.6) is 17.2 Å². The van der Waals surface area contributed by atoms with E-state index in [1.54, 1.807) is 44.7 Å². The molecule has 6 nitrogen and oxygen atoms in total. The van der Waals surface area contributed by atoms with Crippen molar-refractivity contribution in [2.45, 2.75) is 19.2 Å². The molecule has 1 atom stereocenters. The molecule has 0 saturated heterocycles. The smallest absolute Gasteiger partial charge is 0.161 e. The lowest BCUT2D eigenvalue weighted by atomic mass is 10.1. The van der Waals surface area contributed by atoms with E-state index >= 15 is 0 Å². The normalized spacial score (nSPS) is 12.0. The van der Waals surface area contributed by atoms with Crippen molar-refractivity contribution in [3.05, 3.63) is 77.2 Å². The van der Waals surface area contributed by atoms with Crippen molar-refractivity contribution in [3.8, 4) is 17.2 Å². The Morgan fingerprint density at radius 2 is 1.77 bits per heavy atom. The summed E-state index contributed by atoms with van der Waals surface area (Å²) in [6.07, 6.45) is 0.958. The van der Waals surface area contributed by atoms with Gasteiger partial charge >= 0.3 is 0 Å². The first-order valence-electron chi connectivity index (χ1n) is 9.59. The summed E-state index contributed by atoms with van der Waals surface area (Å²) in [4.78, 5) is 2.09. The molecule has 3 rings (SSSR count). The summed E-state index contributed by atoms with van der Waals surface area (Å²) in [6, 6.07) is 16.6. The van der Waals surface area contributed by atoms with E-state index in [2.05, 4.69) is 4.90 Å². The Hall–Kier alpha value is -2.67. The summed E-state index contributed by atoms with van der Waals surface area (Å²) in [5.41, 5.74) is 1.03. The Kier molecular flexibility index (Phi) is 8.02. The minimum Gasteiger partial charge on any atom is -0.493 e. The van der Waals surface area contributed by atoms with Crippen molar-refractivity contribution in [2.24, 2.45) is 0 Å². The summed E-state index contributed by atoms with van der Waals surface area (Å²) in [7, 11) is 3.22. The molecule has 0 spiro atoms. The molecule has 1 unspecified atom stereocenters. The van der Waals surface area contributed by atoms with Gasteiger partial charge in [0, 0.05) is 18.1 Å². The Morgan fingerprint density at radius 3 is 2.43 bits per heavy atom. The first-order chi connectivity index (χ1) is 14.6. The topological polar surface area (TPSA) is 64.3 Å². The quantitative estimate of drug-likeness (QED) is 0.485. The zero-order chi connectivity index (χ0) is 21.3. The molecular weight excluding hydrogens is 406 g/mol. The number of rotatable bonds is 11. The third-order valence-electron chi connectivity index (χ3n) is 4.54. The van der Waals surface area contributed by atoms with E-state index in [4.69, 9.17) is 30.2 Å². The molecule has 1 aromatic heterocycles. The number of ether oxygens (including phenoxy) is 3. The predicted octanol–water partition coefficient (Wildman–Crippen LogP) is 4.39. The molecule has 0 amide bonds. The summed E-state index contributed by atoms with van der Waals surface area (Å²) in [6.45, 7) is 1.73. The standard InChI is InChI=1S/C23H26ClNO5/c1-27-22-10-5-17(12-23(22)28-2)13-25(15-21-4-3-11-29-21)14-19(26)16-30-20-8-6-18(24)7-9-20/h3-12,19,26H,13-16H2,1-2H3. The van der Waals surface area contributed by atoms with Crippen LogP contribution in [0, 0.1) is 0 Å². The predicted molar refractivity (Wildman–Crippen MR) is 115 cm³/mol. The molecule has 30 heavy (non-hydrogen) atoms. The van der Waals surface area contributed by atoms with Crippen LogP contribution in [0.4, 0.5) is 0 Å². The lowest BCUT2D eigenvalue weighted by Crippen LogP contribution is -2.35. The summed E-state index contributed by atoms with van der Waals surface area (Å²) < 4.78 is 21.9. The second-order valence-corrected chi connectivity index (χ2v) is 7.29. The van der Waals surface area contributed by atoms with Gasteiger partial charge in [0.25, 0.3) is 0 Å². The van der Waals surface area contributed by atoms with Crippen molar-refractivity contribution in [2.75, 3.05) is 27.4 Å². The molecular formula is C23H26ClNO5. The van der Waals surface area contributed by atoms with Crippen LogP contribution < -0.4 is 14.2 Å². The van der Waals surface area contributed by atoms with Gasteiger partial charge in [-0.25, -0.2) is 0 Å². The van der Waals surface area contributed by atoms with Gasteiger partial charge in [0.05, 0.1) is 27.0 Å². The summed E-state index contributed by atoms with van der Waals surface area (Å²) >= 11 is 5.89. The van der Waals surface area contributed by atoms with Gasteiger partial charge in [-0.3, -0.25) is 4.90 Å². The fraction of sp³-hybridized carbons (Fsp3) is 0.304. The van der Waals surface area contributed by atoms with Gasteiger partial charge in [-0.05, 0) is 54.1 Å². The molecule has 7 heteroatoms. The maximum Gasteiger partial charge on any atom is 0.161 e.